The minimum absolute atomic E-state index is 0.200. The average molecular weight is 293 g/mol. The highest BCUT2D eigenvalue weighted by atomic mass is 35.5. The molecule has 0 saturated heterocycles. The molecule has 1 aromatic heterocycles. The molecule has 0 amide bonds. The summed E-state index contributed by atoms with van der Waals surface area (Å²) >= 11 is 6.04. The maximum atomic E-state index is 13.5. The van der Waals surface area contributed by atoms with Gasteiger partial charge in [0.25, 0.3) is 0 Å². The molecule has 0 bridgehead atoms. The molecule has 4 heteroatoms. The van der Waals surface area contributed by atoms with Crippen molar-refractivity contribution in [2.24, 2.45) is 17.8 Å². The van der Waals surface area contributed by atoms with Crippen LogP contribution < -0.4 is 0 Å². The predicted octanol–water partition coefficient (Wildman–Crippen LogP) is 4.35. The zero-order valence-electron chi connectivity index (χ0n) is 11.4. The van der Waals surface area contributed by atoms with E-state index in [1.54, 1.807) is 12.1 Å². The molecule has 0 aliphatic heterocycles. The second-order valence-electron chi connectivity index (χ2n) is 6.24. The predicted molar refractivity (Wildman–Crippen MR) is 78.2 cm³/mol. The van der Waals surface area contributed by atoms with E-state index in [4.69, 9.17) is 11.6 Å². The molecule has 0 N–H and O–H groups in total. The normalized spacial score (nSPS) is 19.1. The summed E-state index contributed by atoms with van der Waals surface area (Å²) in [6.45, 7) is 0.956. The number of hydrogen-bond acceptors (Lipinski definition) is 1. The van der Waals surface area contributed by atoms with Gasteiger partial charge in [-0.15, -0.1) is 11.6 Å². The maximum Gasteiger partial charge on any atom is 0.125 e. The Labute approximate surface area is 122 Å². The molecule has 0 spiro atoms. The number of nitrogens with zero attached hydrogens (tertiary/aromatic N) is 2. The SMILES string of the molecule is Fc1ccc2nc(CCl)n(CC(C3CC3)C3CC3)c2c1. The standard InChI is InChI=1S/C16H18ClFN2/c17-8-16-19-14-6-5-12(18)7-15(14)20(16)9-13(10-1-2-10)11-3-4-11/h5-7,10-11,13H,1-4,8-9H2. The van der Waals surface area contributed by atoms with Crippen LogP contribution in [0.1, 0.15) is 31.5 Å². The third-order valence-corrected chi connectivity index (χ3v) is 5.00. The Hall–Kier alpha value is -1.09. The molecule has 2 saturated carbocycles. The average Bonchev–Trinajstić information content (AvgIpc) is 3.33. The van der Waals surface area contributed by atoms with E-state index in [0.717, 1.165) is 41.2 Å². The highest BCUT2D eigenvalue weighted by Gasteiger charge is 2.41. The molecule has 4 rings (SSSR count). The largest absolute Gasteiger partial charge is 0.327 e. The molecule has 2 nitrogen and oxygen atoms in total. The summed E-state index contributed by atoms with van der Waals surface area (Å²) in [6.07, 6.45) is 5.44. The second-order valence-corrected chi connectivity index (χ2v) is 6.51. The Morgan fingerprint density at radius 2 is 1.95 bits per heavy atom. The fraction of sp³-hybridized carbons (Fsp3) is 0.562. The van der Waals surface area contributed by atoms with Crippen LogP contribution in [0.15, 0.2) is 18.2 Å². The second kappa shape index (κ2) is 4.73. The van der Waals surface area contributed by atoms with Crippen LogP contribution in [0.25, 0.3) is 11.0 Å². The summed E-state index contributed by atoms with van der Waals surface area (Å²) in [5.74, 6) is 3.54. The Morgan fingerprint density at radius 1 is 1.25 bits per heavy atom. The van der Waals surface area contributed by atoms with Gasteiger partial charge in [0.2, 0.25) is 0 Å². The lowest BCUT2D eigenvalue weighted by molar-refractivity contribution is 0.350. The van der Waals surface area contributed by atoms with Gasteiger partial charge in [-0.2, -0.15) is 0 Å². The molecule has 2 fully saturated rings. The third-order valence-electron chi connectivity index (χ3n) is 4.76. The molecule has 106 valence electrons. The van der Waals surface area contributed by atoms with Crippen molar-refractivity contribution in [2.75, 3.05) is 0 Å². The van der Waals surface area contributed by atoms with Crippen LogP contribution in [0.5, 0.6) is 0 Å². The van der Waals surface area contributed by atoms with E-state index in [1.165, 1.54) is 31.7 Å². The molecule has 2 aliphatic carbocycles. The molecule has 20 heavy (non-hydrogen) atoms. The van der Waals surface area contributed by atoms with E-state index < -0.39 is 0 Å². The van der Waals surface area contributed by atoms with Crippen LogP contribution in [-0.4, -0.2) is 9.55 Å². The number of benzene rings is 1. The van der Waals surface area contributed by atoms with Crippen molar-refractivity contribution in [1.29, 1.82) is 0 Å². The minimum Gasteiger partial charge on any atom is -0.327 e. The molecule has 1 heterocycles. The maximum absolute atomic E-state index is 13.5. The van der Waals surface area contributed by atoms with Gasteiger partial charge in [0.1, 0.15) is 11.6 Å². The van der Waals surface area contributed by atoms with Gasteiger partial charge in [0, 0.05) is 6.54 Å². The Balaban J connectivity index is 1.74. The Kier molecular flexibility index (Phi) is 2.99. The number of aromatic nitrogens is 2. The van der Waals surface area contributed by atoms with Crippen LogP contribution in [0.2, 0.25) is 0 Å². The summed E-state index contributed by atoms with van der Waals surface area (Å²) in [6, 6.07) is 4.81. The number of halogens is 2. The van der Waals surface area contributed by atoms with Crippen LogP contribution >= 0.6 is 11.6 Å². The van der Waals surface area contributed by atoms with E-state index in [0.29, 0.717) is 5.88 Å². The number of fused-ring (bicyclic) bond motifs is 1. The fourth-order valence-corrected chi connectivity index (χ4v) is 3.60. The minimum atomic E-state index is -0.200. The van der Waals surface area contributed by atoms with E-state index in [-0.39, 0.29) is 5.82 Å². The molecule has 2 aromatic rings. The first-order valence-electron chi connectivity index (χ1n) is 7.47. The van der Waals surface area contributed by atoms with Gasteiger partial charge >= 0.3 is 0 Å². The van der Waals surface area contributed by atoms with Gasteiger partial charge in [-0.05, 0) is 61.6 Å². The number of hydrogen-bond donors (Lipinski definition) is 0. The van der Waals surface area contributed by atoms with Gasteiger partial charge in [-0.1, -0.05) is 0 Å². The zero-order valence-corrected chi connectivity index (χ0v) is 12.1. The summed E-state index contributed by atoms with van der Waals surface area (Å²) < 4.78 is 15.7. The summed E-state index contributed by atoms with van der Waals surface area (Å²) in [5.41, 5.74) is 1.75. The Morgan fingerprint density at radius 3 is 2.55 bits per heavy atom. The smallest absolute Gasteiger partial charge is 0.125 e. The molecule has 2 aliphatic rings. The topological polar surface area (TPSA) is 17.8 Å². The van der Waals surface area contributed by atoms with Crippen LogP contribution in [0.3, 0.4) is 0 Å². The zero-order chi connectivity index (χ0) is 13.7. The van der Waals surface area contributed by atoms with Crippen molar-refractivity contribution < 1.29 is 4.39 Å². The van der Waals surface area contributed by atoms with Gasteiger partial charge in [0.15, 0.2) is 0 Å². The van der Waals surface area contributed by atoms with Crippen molar-refractivity contribution in [2.45, 2.75) is 38.1 Å². The van der Waals surface area contributed by atoms with Gasteiger partial charge in [-0.3, -0.25) is 0 Å². The molecular formula is C16H18ClFN2. The Bertz CT molecular complexity index is 631. The third kappa shape index (κ3) is 2.22. The molecule has 0 unspecified atom stereocenters. The van der Waals surface area contributed by atoms with Crippen molar-refractivity contribution >= 4 is 22.6 Å². The van der Waals surface area contributed by atoms with Crippen molar-refractivity contribution in [3.8, 4) is 0 Å². The van der Waals surface area contributed by atoms with Gasteiger partial charge < -0.3 is 4.57 Å². The fourth-order valence-electron chi connectivity index (χ4n) is 3.39. The highest BCUT2D eigenvalue weighted by Crippen LogP contribution is 2.50. The molecule has 0 atom stereocenters. The monoisotopic (exact) mass is 292 g/mol. The van der Waals surface area contributed by atoms with E-state index in [1.807, 2.05) is 0 Å². The summed E-state index contributed by atoms with van der Waals surface area (Å²) in [7, 11) is 0. The quantitative estimate of drug-likeness (QED) is 0.749. The lowest BCUT2D eigenvalue weighted by Gasteiger charge is -2.18. The van der Waals surface area contributed by atoms with E-state index >= 15 is 0 Å². The van der Waals surface area contributed by atoms with Gasteiger partial charge in [0.05, 0.1) is 16.9 Å². The van der Waals surface area contributed by atoms with Crippen molar-refractivity contribution in [1.82, 2.24) is 9.55 Å². The van der Waals surface area contributed by atoms with Crippen molar-refractivity contribution in [3.05, 3.63) is 29.8 Å². The van der Waals surface area contributed by atoms with Crippen LogP contribution in [-0.2, 0) is 12.4 Å². The van der Waals surface area contributed by atoms with E-state index in [2.05, 4.69) is 9.55 Å². The number of rotatable bonds is 5. The summed E-state index contributed by atoms with van der Waals surface area (Å²) in [5, 5.41) is 0. The first-order valence-corrected chi connectivity index (χ1v) is 8.00. The number of alkyl halides is 1. The van der Waals surface area contributed by atoms with Crippen LogP contribution in [0.4, 0.5) is 4.39 Å². The van der Waals surface area contributed by atoms with Crippen LogP contribution in [0, 0.1) is 23.6 Å². The molecule has 0 radical (unpaired) electrons. The lowest BCUT2D eigenvalue weighted by Crippen LogP contribution is -2.16. The van der Waals surface area contributed by atoms with Crippen molar-refractivity contribution in [3.63, 3.8) is 0 Å². The van der Waals surface area contributed by atoms with Gasteiger partial charge in [-0.25, -0.2) is 9.37 Å². The summed E-state index contributed by atoms with van der Waals surface area (Å²) in [4.78, 5) is 4.55. The first kappa shape index (κ1) is 12.6. The first-order chi connectivity index (χ1) is 9.76. The highest BCUT2D eigenvalue weighted by molar-refractivity contribution is 6.16. The number of imidazole rings is 1. The molecule has 1 aromatic carbocycles. The lowest BCUT2D eigenvalue weighted by atomic mass is 9.98. The van der Waals surface area contributed by atoms with E-state index in [9.17, 15) is 4.39 Å². The molecular weight excluding hydrogens is 275 g/mol.